The molecule has 0 unspecified atom stereocenters. The number of hydrogen-bond donors (Lipinski definition) is 1. The first-order valence-electron chi connectivity index (χ1n) is 5.79. The van der Waals surface area contributed by atoms with Crippen molar-refractivity contribution in [3.63, 3.8) is 0 Å². The van der Waals surface area contributed by atoms with Gasteiger partial charge < -0.3 is 4.98 Å². The third-order valence-corrected chi connectivity index (χ3v) is 5.15. The van der Waals surface area contributed by atoms with Crippen molar-refractivity contribution >= 4 is 26.0 Å². The van der Waals surface area contributed by atoms with Crippen LogP contribution < -0.4 is 5.43 Å². The number of halogens is 1. The number of aromatic amines is 1. The largest absolute Gasteiger partial charge is 0.366 e. The Morgan fingerprint density at radius 3 is 2.45 bits per heavy atom. The molecule has 5 nitrogen and oxygen atoms in total. The topological polar surface area (TPSA) is 70.2 Å². The molecular weight excluding hydrogens is 344 g/mol. The van der Waals surface area contributed by atoms with Gasteiger partial charge in [0.1, 0.15) is 4.90 Å². The van der Waals surface area contributed by atoms with Gasteiger partial charge in [-0.25, -0.2) is 8.42 Å². The van der Waals surface area contributed by atoms with E-state index in [4.69, 9.17) is 0 Å². The molecule has 0 atom stereocenters. The molecule has 1 heterocycles. The van der Waals surface area contributed by atoms with Gasteiger partial charge in [-0.2, -0.15) is 4.31 Å². The SMILES string of the molecule is CN(Cc1ccc(Br)cc1)S(=O)(=O)c1c[nH]ccc1=O. The average Bonchev–Trinajstić information content (AvgIpc) is 2.41. The molecule has 0 bridgehead atoms. The molecule has 0 amide bonds. The van der Waals surface area contributed by atoms with Crippen LogP contribution in [0, 0.1) is 0 Å². The van der Waals surface area contributed by atoms with E-state index < -0.39 is 15.5 Å². The summed E-state index contributed by atoms with van der Waals surface area (Å²) in [6.07, 6.45) is 2.60. The number of pyridine rings is 1. The smallest absolute Gasteiger partial charge is 0.248 e. The minimum absolute atomic E-state index is 0.198. The van der Waals surface area contributed by atoms with Crippen LogP contribution in [0.4, 0.5) is 0 Å². The van der Waals surface area contributed by atoms with Gasteiger partial charge in [-0.1, -0.05) is 28.1 Å². The van der Waals surface area contributed by atoms with Crippen LogP contribution in [-0.2, 0) is 16.6 Å². The van der Waals surface area contributed by atoms with E-state index in [-0.39, 0.29) is 11.4 Å². The normalized spacial score (nSPS) is 11.8. The van der Waals surface area contributed by atoms with E-state index in [1.165, 1.54) is 25.5 Å². The fourth-order valence-corrected chi connectivity index (χ4v) is 3.16. The number of benzene rings is 1. The summed E-state index contributed by atoms with van der Waals surface area (Å²) in [5, 5.41) is 0. The number of nitrogens with zero attached hydrogens (tertiary/aromatic N) is 1. The Morgan fingerprint density at radius 2 is 1.85 bits per heavy atom. The van der Waals surface area contributed by atoms with Crippen LogP contribution in [0.1, 0.15) is 5.56 Å². The van der Waals surface area contributed by atoms with E-state index in [0.717, 1.165) is 14.3 Å². The molecule has 1 N–H and O–H groups in total. The highest BCUT2D eigenvalue weighted by molar-refractivity contribution is 9.10. The highest BCUT2D eigenvalue weighted by Crippen LogP contribution is 2.15. The Labute approximate surface area is 125 Å². The first kappa shape index (κ1) is 15.0. The Bertz CT molecular complexity index is 754. The number of nitrogens with one attached hydrogen (secondary N) is 1. The van der Waals surface area contributed by atoms with Gasteiger partial charge in [-0.3, -0.25) is 4.79 Å². The monoisotopic (exact) mass is 356 g/mol. The fourth-order valence-electron chi connectivity index (χ4n) is 1.70. The Hall–Kier alpha value is -1.44. The van der Waals surface area contributed by atoms with Crippen molar-refractivity contribution in [2.24, 2.45) is 0 Å². The zero-order chi connectivity index (χ0) is 14.8. The van der Waals surface area contributed by atoms with Crippen molar-refractivity contribution in [2.75, 3.05) is 7.05 Å². The zero-order valence-corrected chi connectivity index (χ0v) is 13.1. The predicted molar refractivity (Wildman–Crippen MR) is 79.9 cm³/mol. The molecule has 1 aromatic carbocycles. The number of aromatic nitrogens is 1. The van der Waals surface area contributed by atoms with Crippen molar-refractivity contribution in [1.82, 2.24) is 9.29 Å². The lowest BCUT2D eigenvalue weighted by Crippen LogP contribution is -2.30. The standard InChI is InChI=1S/C13H13BrN2O3S/c1-16(9-10-2-4-11(14)5-3-10)20(18,19)13-8-15-7-6-12(13)17/h2-8H,9H2,1H3,(H,15,17). The van der Waals surface area contributed by atoms with E-state index in [2.05, 4.69) is 20.9 Å². The lowest BCUT2D eigenvalue weighted by atomic mass is 10.2. The third-order valence-electron chi connectivity index (χ3n) is 2.79. The van der Waals surface area contributed by atoms with Crippen molar-refractivity contribution in [3.05, 3.63) is 63.0 Å². The van der Waals surface area contributed by atoms with Gasteiger partial charge in [0.05, 0.1) is 0 Å². The van der Waals surface area contributed by atoms with Gasteiger partial charge in [0, 0.05) is 36.5 Å². The number of sulfonamides is 1. The molecule has 2 aromatic rings. The average molecular weight is 357 g/mol. The van der Waals surface area contributed by atoms with Crippen molar-refractivity contribution in [1.29, 1.82) is 0 Å². The lowest BCUT2D eigenvalue weighted by Gasteiger charge is -2.16. The fraction of sp³-hybridized carbons (Fsp3) is 0.154. The maximum absolute atomic E-state index is 12.3. The van der Waals surface area contributed by atoms with Gasteiger partial charge >= 0.3 is 0 Å². The molecular formula is C13H13BrN2O3S. The van der Waals surface area contributed by atoms with Crippen LogP contribution in [0.2, 0.25) is 0 Å². The van der Waals surface area contributed by atoms with E-state index in [1.54, 1.807) is 0 Å². The summed E-state index contributed by atoms with van der Waals surface area (Å²) in [5.41, 5.74) is 0.318. The predicted octanol–water partition coefficient (Wildman–Crippen LogP) is 1.96. The summed E-state index contributed by atoms with van der Waals surface area (Å²) < 4.78 is 26.7. The van der Waals surface area contributed by atoms with Gasteiger partial charge in [-0.05, 0) is 17.7 Å². The Balaban J connectivity index is 2.28. The van der Waals surface area contributed by atoms with Crippen LogP contribution in [0.3, 0.4) is 0 Å². The minimum atomic E-state index is -3.80. The van der Waals surface area contributed by atoms with E-state index in [0.29, 0.717) is 0 Å². The lowest BCUT2D eigenvalue weighted by molar-refractivity contribution is 0.466. The molecule has 106 valence electrons. The minimum Gasteiger partial charge on any atom is -0.366 e. The Morgan fingerprint density at radius 1 is 1.20 bits per heavy atom. The van der Waals surface area contributed by atoms with Gasteiger partial charge in [-0.15, -0.1) is 0 Å². The molecule has 0 saturated carbocycles. The molecule has 0 saturated heterocycles. The summed E-state index contributed by atoms with van der Waals surface area (Å²) in [4.78, 5) is 14.0. The molecule has 0 aliphatic carbocycles. The van der Waals surface area contributed by atoms with E-state index >= 15 is 0 Å². The molecule has 1 aromatic heterocycles. The first-order chi connectivity index (χ1) is 9.41. The summed E-state index contributed by atoms with van der Waals surface area (Å²) >= 11 is 3.32. The van der Waals surface area contributed by atoms with Crippen LogP contribution in [0.5, 0.6) is 0 Å². The van der Waals surface area contributed by atoms with Gasteiger partial charge in [0.15, 0.2) is 0 Å². The van der Waals surface area contributed by atoms with Gasteiger partial charge in [0.25, 0.3) is 0 Å². The highest BCUT2D eigenvalue weighted by Gasteiger charge is 2.23. The van der Waals surface area contributed by atoms with E-state index in [9.17, 15) is 13.2 Å². The van der Waals surface area contributed by atoms with Crippen molar-refractivity contribution < 1.29 is 8.42 Å². The molecule has 20 heavy (non-hydrogen) atoms. The third kappa shape index (κ3) is 3.17. The Kier molecular flexibility index (Phi) is 4.42. The second-order valence-electron chi connectivity index (χ2n) is 4.26. The second kappa shape index (κ2) is 5.90. The molecule has 0 spiro atoms. The van der Waals surface area contributed by atoms with Gasteiger partial charge in [0.2, 0.25) is 15.5 Å². The maximum Gasteiger partial charge on any atom is 0.248 e. The molecule has 2 rings (SSSR count). The summed E-state index contributed by atoms with van der Waals surface area (Å²) in [6, 6.07) is 8.52. The molecule has 0 aliphatic heterocycles. The second-order valence-corrected chi connectivity index (χ2v) is 7.19. The molecule has 0 radical (unpaired) electrons. The summed E-state index contributed by atoms with van der Waals surface area (Å²) in [7, 11) is -2.35. The molecule has 7 heteroatoms. The number of rotatable bonds is 4. The number of H-pyrrole nitrogens is 1. The first-order valence-corrected chi connectivity index (χ1v) is 8.02. The molecule has 0 fully saturated rings. The maximum atomic E-state index is 12.3. The number of hydrogen-bond acceptors (Lipinski definition) is 3. The van der Waals surface area contributed by atoms with Crippen LogP contribution in [0.25, 0.3) is 0 Å². The highest BCUT2D eigenvalue weighted by atomic mass is 79.9. The molecule has 0 aliphatic rings. The van der Waals surface area contributed by atoms with Crippen molar-refractivity contribution in [3.8, 4) is 0 Å². The summed E-state index contributed by atoms with van der Waals surface area (Å²) in [5.74, 6) is 0. The van der Waals surface area contributed by atoms with Crippen LogP contribution in [0.15, 0.2) is 56.9 Å². The van der Waals surface area contributed by atoms with Crippen LogP contribution in [-0.4, -0.2) is 24.8 Å². The summed E-state index contributed by atoms with van der Waals surface area (Å²) in [6.45, 7) is 0.198. The zero-order valence-electron chi connectivity index (χ0n) is 10.7. The van der Waals surface area contributed by atoms with E-state index in [1.807, 2.05) is 24.3 Å². The quantitative estimate of drug-likeness (QED) is 0.910. The van der Waals surface area contributed by atoms with Crippen LogP contribution >= 0.6 is 15.9 Å². The van der Waals surface area contributed by atoms with Crippen molar-refractivity contribution in [2.45, 2.75) is 11.4 Å².